The minimum atomic E-state index is -0.741. The molecule has 1 aliphatic carbocycles. The number of pyridine rings is 1. The van der Waals surface area contributed by atoms with Gasteiger partial charge in [0, 0.05) is 30.1 Å². The van der Waals surface area contributed by atoms with Crippen molar-refractivity contribution in [1.29, 1.82) is 0 Å². The zero-order valence-corrected chi connectivity index (χ0v) is 16.7. The number of methoxy groups -OCH3 is 1. The van der Waals surface area contributed by atoms with Crippen molar-refractivity contribution in [2.24, 2.45) is 0 Å². The largest absolute Gasteiger partial charge is 0.493 e. The number of nitrogens with one attached hydrogen (secondary N) is 2. The predicted molar refractivity (Wildman–Crippen MR) is 108 cm³/mol. The van der Waals surface area contributed by atoms with Crippen LogP contribution in [0.2, 0.25) is 0 Å². The lowest BCUT2D eigenvalue weighted by atomic mass is 10.1. The van der Waals surface area contributed by atoms with Gasteiger partial charge in [-0.3, -0.25) is 4.98 Å². The Morgan fingerprint density at radius 1 is 1.17 bits per heavy atom. The minimum absolute atomic E-state index is 0.0240. The molecule has 0 aliphatic heterocycles. The van der Waals surface area contributed by atoms with Crippen molar-refractivity contribution in [3.05, 3.63) is 47.9 Å². The van der Waals surface area contributed by atoms with Gasteiger partial charge in [-0.25, -0.2) is 8.78 Å². The van der Waals surface area contributed by atoms with Gasteiger partial charge in [0.15, 0.2) is 23.1 Å². The van der Waals surface area contributed by atoms with Crippen LogP contribution in [-0.2, 0) is 0 Å². The van der Waals surface area contributed by atoms with Gasteiger partial charge in [-0.1, -0.05) is 0 Å². The number of halogens is 2. The number of nitrogens with zero attached hydrogens (tertiary/aromatic N) is 1. The number of allylic oxidation sites excluding steroid dienone is 1. The number of aromatic nitrogens is 1. The van der Waals surface area contributed by atoms with E-state index in [1.165, 1.54) is 19.4 Å². The van der Waals surface area contributed by atoms with Gasteiger partial charge in [-0.2, -0.15) is 0 Å². The number of rotatable bonds is 9. The molecule has 1 aliphatic rings. The average Bonchev–Trinajstić information content (AvgIpc) is 2.73. The summed E-state index contributed by atoms with van der Waals surface area (Å²) < 4.78 is 45.6. The number of hydrogen-bond acceptors (Lipinski definition) is 6. The Balaban J connectivity index is 1.91. The molecule has 1 unspecified atom stereocenters. The van der Waals surface area contributed by atoms with E-state index in [4.69, 9.17) is 14.2 Å². The Hall–Kier alpha value is -2.71. The number of likely N-dealkylation sites (N-methyl/N-ethyl adjacent to an activating group) is 1. The summed E-state index contributed by atoms with van der Waals surface area (Å²) in [6, 6.07) is 4.59. The maximum absolute atomic E-state index is 14.4. The second-order valence-electron chi connectivity index (χ2n) is 6.58. The zero-order chi connectivity index (χ0) is 20.8. The van der Waals surface area contributed by atoms with Crippen LogP contribution in [-0.4, -0.2) is 45.4 Å². The minimum Gasteiger partial charge on any atom is -0.493 e. The summed E-state index contributed by atoms with van der Waals surface area (Å²) in [7, 11) is 5.06. The Morgan fingerprint density at radius 2 is 2.00 bits per heavy atom. The molecule has 29 heavy (non-hydrogen) atoms. The highest BCUT2D eigenvalue weighted by atomic mass is 19.1. The summed E-state index contributed by atoms with van der Waals surface area (Å²) in [5, 5.41) is 6.46. The van der Waals surface area contributed by atoms with Crippen molar-refractivity contribution >= 4 is 10.9 Å². The Labute approximate surface area is 168 Å². The molecule has 0 saturated carbocycles. The third-order valence-corrected chi connectivity index (χ3v) is 4.61. The summed E-state index contributed by atoms with van der Waals surface area (Å²) in [4.78, 5) is 4.32. The van der Waals surface area contributed by atoms with E-state index in [0.717, 1.165) is 13.0 Å². The average molecular weight is 405 g/mol. The molecule has 0 amide bonds. The number of fused-ring (bicyclic) bond motifs is 1. The fraction of sp³-hybridized carbons (Fsp3) is 0.381. The molecule has 0 radical (unpaired) electrons. The van der Waals surface area contributed by atoms with Crippen LogP contribution in [0.3, 0.4) is 0 Å². The normalized spacial score (nSPS) is 16.7. The van der Waals surface area contributed by atoms with Crippen LogP contribution in [0, 0.1) is 0 Å². The highest BCUT2D eigenvalue weighted by Gasteiger charge is 2.25. The maximum atomic E-state index is 14.4. The third kappa shape index (κ3) is 4.83. The smallest absolute Gasteiger partial charge is 0.194 e. The van der Waals surface area contributed by atoms with Gasteiger partial charge >= 0.3 is 0 Å². The van der Waals surface area contributed by atoms with Gasteiger partial charge in [0.05, 0.1) is 19.2 Å². The summed E-state index contributed by atoms with van der Waals surface area (Å²) >= 11 is 0. The van der Waals surface area contributed by atoms with Gasteiger partial charge in [0.2, 0.25) is 0 Å². The lowest BCUT2D eigenvalue weighted by Gasteiger charge is -2.20. The fourth-order valence-corrected chi connectivity index (χ4v) is 3.05. The number of benzene rings is 1. The van der Waals surface area contributed by atoms with Gasteiger partial charge in [0.25, 0.3) is 0 Å². The molecule has 8 heteroatoms. The van der Waals surface area contributed by atoms with E-state index in [1.807, 2.05) is 7.05 Å². The van der Waals surface area contributed by atoms with Crippen LogP contribution in [0.15, 0.2) is 47.9 Å². The second-order valence-corrected chi connectivity index (χ2v) is 6.58. The van der Waals surface area contributed by atoms with E-state index in [2.05, 4.69) is 15.6 Å². The first kappa shape index (κ1) is 21.0. The first-order valence-electron chi connectivity index (χ1n) is 9.43. The van der Waals surface area contributed by atoms with E-state index < -0.39 is 23.5 Å². The topological polar surface area (TPSA) is 64.6 Å². The van der Waals surface area contributed by atoms with Crippen molar-refractivity contribution < 1.29 is 23.0 Å². The zero-order valence-electron chi connectivity index (χ0n) is 16.7. The van der Waals surface area contributed by atoms with Gasteiger partial charge < -0.3 is 24.8 Å². The molecule has 1 aromatic carbocycles. The quantitative estimate of drug-likeness (QED) is 0.621. The lowest BCUT2D eigenvalue weighted by molar-refractivity contribution is 0.289. The van der Waals surface area contributed by atoms with Crippen molar-refractivity contribution in [2.75, 3.05) is 34.4 Å². The maximum Gasteiger partial charge on any atom is 0.194 e. The first-order valence-corrected chi connectivity index (χ1v) is 9.43. The van der Waals surface area contributed by atoms with E-state index in [-0.39, 0.29) is 12.2 Å². The fourth-order valence-electron chi connectivity index (χ4n) is 3.05. The van der Waals surface area contributed by atoms with E-state index in [1.54, 1.807) is 25.2 Å². The van der Waals surface area contributed by atoms with E-state index in [0.29, 0.717) is 29.0 Å². The molecule has 6 nitrogen and oxygen atoms in total. The summed E-state index contributed by atoms with van der Waals surface area (Å²) in [5.41, 5.74) is 0.571. The molecule has 1 heterocycles. The van der Waals surface area contributed by atoms with Crippen molar-refractivity contribution in [3.63, 3.8) is 0 Å². The molecule has 2 N–H and O–H groups in total. The second kappa shape index (κ2) is 9.67. The summed E-state index contributed by atoms with van der Waals surface area (Å²) in [5.74, 6) is -0.474. The Morgan fingerprint density at radius 3 is 2.69 bits per heavy atom. The monoisotopic (exact) mass is 405 g/mol. The molecule has 1 atom stereocenters. The number of hydrogen-bond donors (Lipinski definition) is 2. The standard InChI is InChI=1S/C21H25F2N3O3/c1-24-6-4-8-28-20-12-17-14(11-19(20)27-3)18(5-7-26-17)29-21-15(22)9-13(25-2)10-16(21)23/h5,7,9,11-13,24-25H,4,6,8,10H2,1-3H3. The first-order chi connectivity index (χ1) is 14.1. The Bertz CT molecular complexity index is 931. The van der Waals surface area contributed by atoms with Crippen LogP contribution >= 0.6 is 0 Å². The highest BCUT2D eigenvalue weighted by Crippen LogP contribution is 2.38. The molecular formula is C21H25F2N3O3. The summed E-state index contributed by atoms with van der Waals surface area (Å²) in [6.45, 7) is 1.35. The van der Waals surface area contributed by atoms with Crippen LogP contribution in [0.5, 0.6) is 17.2 Å². The molecular weight excluding hydrogens is 380 g/mol. The molecule has 156 valence electrons. The van der Waals surface area contributed by atoms with Crippen LogP contribution in [0.1, 0.15) is 12.8 Å². The van der Waals surface area contributed by atoms with Crippen molar-refractivity contribution in [3.8, 4) is 17.2 Å². The number of ether oxygens (including phenoxy) is 3. The van der Waals surface area contributed by atoms with Gasteiger partial charge in [-0.05, 0) is 45.3 Å². The molecule has 0 spiro atoms. The molecule has 2 aromatic rings. The van der Waals surface area contributed by atoms with Crippen molar-refractivity contribution in [1.82, 2.24) is 15.6 Å². The van der Waals surface area contributed by atoms with E-state index in [9.17, 15) is 8.78 Å². The lowest BCUT2D eigenvalue weighted by Crippen LogP contribution is -2.26. The predicted octanol–water partition coefficient (Wildman–Crippen LogP) is 3.64. The molecule has 3 rings (SSSR count). The molecule has 0 fully saturated rings. The molecule has 0 saturated heterocycles. The van der Waals surface area contributed by atoms with Gasteiger partial charge in [0.1, 0.15) is 11.6 Å². The molecule has 1 aromatic heterocycles. The summed E-state index contributed by atoms with van der Waals surface area (Å²) in [6.07, 6.45) is 3.69. The van der Waals surface area contributed by atoms with Gasteiger partial charge in [-0.15, -0.1) is 0 Å². The SMILES string of the molecule is CNCCCOc1cc2nccc(OC3=C(F)CC(NC)C=C3F)c2cc1OC. The van der Waals surface area contributed by atoms with Crippen LogP contribution in [0.4, 0.5) is 8.78 Å². The van der Waals surface area contributed by atoms with Crippen molar-refractivity contribution in [2.45, 2.75) is 18.9 Å². The van der Waals surface area contributed by atoms with Crippen LogP contribution in [0.25, 0.3) is 10.9 Å². The third-order valence-electron chi connectivity index (χ3n) is 4.61. The highest BCUT2D eigenvalue weighted by molar-refractivity contribution is 5.88. The van der Waals surface area contributed by atoms with Crippen LogP contribution < -0.4 is 24.8 Å². The molecule has 0 bridgehead atoms. The van der Waals surface area contributed by atoms with E-state index >= 15 is 0 Å². The Kier molecular flexibility index (Phi) is 7.00.